The van der Waals surface area contributed by atoms with Crippen molar-refractivity contribution in [2.75, 3.05) is 13.2 Å². The summed E-state index contributed by atoms with van der Waals surface area (Å²) >= 11 is 0. The topological polar surface area (TPSA) is 46.5 Å². The van der Waals surface area contributed by atoms with Crippen molar-refractivity contribution in [2.45, 2.75) is 13.3 Å². The second-order valence-electron chi connectivity index (χ2n) is 2.34. The maximum Gasteiger partial charge on any atom is 0.330 e. The number of hydrogen-bond donors (Lipinski definition) is 1. The fourth-order valence-electron chi connectivity index (χ4n) is 0.613. The summed E-state index contributed by atoms with van der Waals surface area (Å²) in [7, 11) is 0. The van der Waals surface area contributed by atoms with E-state index in [9.17, 15) is 4.79 Å². The molecule has 1 N–H and O–H groups in total. The van der Waals surface area contributed by atoms with Crippen molar-refractivity contribution in [3.8, 4) is 0 Å². The molecule has 0 unspecified atom stereocenters. The Morgan fingerprint density at radius 1 is 1.67 bits per heavy atom. The average molecular weight is 170 g/mol. The quantitative estimate of drug-likeness (QED) is 0.374. The van der Waals surface area contributed by atoms with Gasteiger partial charge in [0.15, 0.2) is 0 Å². The first-order chi connectivity index (χ1) is 5.68. The minimum absolute atomic E-state index is 0.359. The van der Waals surface area contributed by atoms with E-state index >= 15 is 0 Å². The molecule has 0 heterocycles. The summed E-state index contributed by atoms with van der Waals surface area (Å²) in [5.41, 5.74) is 0.359. The van der Waals surface area contributed by atoms with Gasteiger partial charge in [-0.2, -0.15) is 0 Å². The number of carboxylic acids is 1. The average Bonchev–Trinajstić information content (AvgIpc) is 2.03. The Bertz CT molecular complexity index is 182. The third-order valence-corrected chi connectivity index (χ3v) is 1.29. The first-order valence-corrected chi connectivity index (χ1v) is 3.77. The van der Waals surface area contributed by atoms with Crippen molar-refractivity contribution in [3.05, 3.63) is 24.3 Å². The molecule has 12 heavy (non-hydrogen) atoms. The second kappa shape index (κ2) is 6.61. The van der Waals surface area contributed by atoms with Crippen LogP contribution in [0, 0.1) is 0 Å². The molecule has 0 aromatic carbocycles. The monoisotopic (exact) mass is 170 g/mol. The molecule has 0 aliphatic heterocycles. The Balaban J connectivity index is 3.46. The van der Waals surface area contributed by atoms with Crippen LogP contribution in [0.2, 0.25) is 0 Å². The molecule has 0 spiro atoms. The van der Waals surface area contributed by atoms with Crippen molar-refractivity contribution >= 4 is 5.97 Å². The zero-order valence-electron chi connectivity index (χ0n) is 7.25. The molecule has 3 nitrogen and oxygen atoms in total. The highest BCUT2D eigenvalue weighted by atomic mass is 16.5. The SMILES string of the molecule is C=CCOCC/C=C(\C)C(=O)O. The molecule has 0 bridgehead atoms. The fourth-order valence-corrected chi connectivity index (χ4v) is 0.613. The smallest absolute Gasteiger partial charge is 0.330 e. The first kappa shape index (κ1) is 10.9. The molecule has 0 aliphatic carbocycles. The number of ether oxygens (including phenoxy) is 1. The van der Waals surface area contributed by atoms with Crippen molar-refractivity contribution in [2.24, 2.45) is 0 Å². The molecule has 3 heteroatoms. The van der Waals surface area contributed by atoms with Gasteiger partial charge in [-0.15, -0.1) is 6.58 Å². The minimum atomic E-state index is -0.876. The van der Waals surface area contributed by atoms with Gasteiger partial charge in [0.05, 0.1) is 13.2 Å². The van der Waals surface area contributed by atoms with E-state index in [0.29, 0.717) is 25.2 Å². The molecular weight excluding hydrogens is 156 g/mol. The molecular formula is C9H14O3. The highest BCUT2D eigenvalue weighted by Gasteiger charge is 1.96. The van der Waals surface area contributed by atoms with Crippen LogP contribution in [0.5, 0.6) is 0 Å². The third kappa shape index (κ3) is 5.68. The Labute approximate surface area is 72.3 Å². The predicted molar refractivity (Wildman–Crippen MR) is 47.0 cm³/mol. The lowest BCUT2D eigenvalue weighted by Crippen LogP contribution is -1.98. The number of carbonyl (C=O) groups is 1. The summed E-state index contributed by atoms with van der Waals surface area (Å²) in [5.74, 6) is -0.876. The van der Waals surface area contributed by atoms with Gasteiger partial charge in [-0.3, -0.25) is 0 Å². The van der Waals surface area contributed by atoms with Crippen LogP contribution in [0.15, 0.2) is 24.3 Å². The van der Waals surface area contributed by atoms with Crippen LogP contribution in [-0.4, -0.2) is 24.3 Å². The third-order valence-electron chi connectivity index (χ3n) is 1.29. The lowest BCUT2D eigenvalue weighted by molar-refractivity contribution is -0.132. The largest absolute Gasteiger partial charge is 0.478 e. The lowest BCUT2D eigenvalue weighted by Gasteiger charge is -1.97. The molecule has 0 radical (unpaired) electrons. The molecule has 0 fully saturated rings. The van der Waals surface area contributed by atoms with Crippen LogP contribution < -0.4 is 0 Å². The van der Waals surface area contributed by atoms with E-state index in [0.717, 1.165) is 0 Å². The Morgan fingerprint density at radius 2 is 2.33 bits per heavy atom. The standard InChI is InChI=1S/C9H14O3/c1-3-6-12-7-4-5-8(2)9(10)11/h3,5H,1,4,6-7H2,2H3,(H,10,11)/b8-5+. The van der Waals surface area contributed by atoms with Gasteiger partial charge in [-0.05, 0) is 13.3 Å². The van der Waals surface area contributed by atoms with Gasteiger partial charge >= 0.3 is 5.97 Å². The number of hydrogen-bond acceptors (Lipinski definition) is 2. The molecule has 0 rings (SSSR count). The summed E-state index contributed by atoms with van der Waals surface area (Å²) < 4.78 is 5.06. The molecule has 0 atom stereocenters. The molecule has 0 aliphatic rings. The second-order valence-corrected chi connectivity index (χ2v) is 2.34. The normalized spacial score (nSPS) is 11.2. The van der Waals surface area contributed by atoms with Crippen molar-refractivity contribution in [3.63, 3.8) is 0 Å². The zero-order valence-corrected chi connectivity index (χ0v) is 7.25. The van der Waals surface area contributed by atoms with Crippen LogP contribution in [-0.2, 0) is 9.53 Å². The molecule has 0 saturated carbocycles. The predicted octanol–water partition coefficient (Wildman–Crippen LogP) is 1.61. The van der Waals surface area contributed by atoms with Gasteiger partial charge in [0, 0.05) is 5.57 Å². The van der Waals surface area contributed by atoms with E-state index in [4.69, 9.17) is 9.84 Å². The first-order valence-electron chi connectivity index (χ1n) is 3.77. The Hall–Kier alpha value is -1.09. The summed E-state index contributed by atoms with van der Waals surface area (Å²) in [6.07, 6.45) is 3.94. The van der Waals surface area contributed by atoms with E-state index in [1.807, 2.05) is 0 Å². The molecule has 0 aromatic heterocycles. The molecule has 0 amide bonds. The van der Waals surface area contributed by atoms with Crippen molar-refractivity contribution in [1.82, 2.24) is 0 Å². The highest BCUT2D eigenvalue weighted by molar-refractivity contribution is 5.85. The van der Waals surface area contributed by atoms with Crippen LogP contribution in [0.3, 0.4) is 0 Å². The van der Waals surface area contributed by atoms with Gasteiger partial charge in [0.2, 0.25) is 0 Å². The van der Waals surface area contributed by atoms with Gasteiger partial charge in [0.1, 0.15) is 0 Å². The van der Waals surface area contributed by atoms with Gasteiger partial charge in [-0.1, -0.05) is 12.2 Å². The van der Waals surface area contributed by atoms with Crippen LogP contribution >= 0.6 is 0 Å². The number of aliphatic carboxylic acids is 1. The maximum atomic E-state index is 10.3. The zero-order chi connectivity index (χ0) is 9.40. The van der Waals surface area contributed by atoms with Gasteiger partial charge in [0.25, 0.3) is 0 Å². The van der Waals surface area contributed by atoms with Crippen molar-refractivity contribution < 1.29 is 14.6 Å². The Kier molecular flexibility index (Phi) is 6.01. The highest BCUT2D eigenvalue weighted by Crippen LogP contribution is 1.95. The van der Waals surface area contributed by atoms with Gasteiger partial charge < -0.3 is 9.84 Å². The van der Waals surface area contributed by atoms with E-state index in [1.54, 1.807) is 19.1 Å². The Morgan fingerprint density at radius 3 is 2.83 bits per heavy atom. The van der Waals surface area contributed by atoms with Crippen LogP contribution in [0.1, 0.15) is 13.3 Å². The summed E-state index contributed by atoms with van der Waals surface area (Å²) in [6, 6.07) is 0. The van der Waals surface area contributed by atoms with Crippen LogP contribution in [0.25, 0.3) is 0 Å². The molecule has 0 aromatic rings. The fraction of sp³-hybridized carbons (Fsp3) is 0.444. The summed E-state index contributed by atoms with van der Waals surface area (Å²) in [4.78, 5) is 10.3. The van der Waals surface area contributed by atoms with E-state index in [2.05, 4.69) is 6.58 Å². The molecule has 0 saturated heterocycles. The van der Waals surface area contributed by atoms with Crippen molar-refractivity contribution in [1.29, 1.82) is 0 Å². The number of rotatable bonds is 6. The van der Waals surface area contributed by atoms with E-state index in [1.165, 1.54) is 0 Å². The maximum absolute atomic E-state index is 10.3. The van der Waals surface area contributed by atoms with Crippen LogP contribution in [0.4, 0.5) is 0 Å². The van der Waals surface area contributed by atoms with Gasteiger partial charge in [-0.25, -0.2) is 4.79 Å². The minimum Gasteiger partial charge on any atom is -0.478 e. The van der Waals surface area contributed by atoms with E-state index in [-0.39, 0.29) is 0 Å². The summed E-state index contributed by atoms with van der Waals surface area (Å²) in [6.45, 7) is 6.10. The van der Waals surface area contributed by atoms with E-state index < -0.39 is 5.97 Å². The summed E-state index contributed by atoms with van der Waals surface area (Å²) in [5, 5.41) is 8.46. The number of carboxylic acid groups (broad SMARTS) is 1. The lowest BCUT2D eigenvalue weighted by atomic mass is 10.2. The molecule has 68 valence electrons.